The summed E-state index contributed by atoms with van der Waals surface area (Å²) in [7, 11) is 0. The van der Waals surface area contributed by atoms with Crippen molar-refractivity contribution in [3.05, 3.63) is 30.5 Å². The first-order chi connectivity index (χ1) is 11.5. The zero-order valence-corrected chi connectivity index (χ0v) is 15.4. The lowest BCUT2D eigenvalue weighted by Gasteiger charge is -2.38. The van der Waals surface area contributed by atoms with Gasteiger partial charge in [-0.15, -0.1) is 5.10 Å². The van der Waals surface area contributed by atoms with E-state index >= 15 is 0 Å². The largest absolute Gasteiger partial charge is 0.477 e. The number of ether oxygens (including phenoxy) is 1. The minimum Gasteiger partial charge on any atom is -0.477 e. The van der Waals surface area contributed by atoms with Crippen molar-refractivity contribution in [3.8, 4) is 5.88 Å². The summed E-state index contributed by atoms with van der Waals surface area (Å²) >= 11 is 0. The predicted octanol–water partition coefficient (Wildman–Crippen LogP) is 4.25. The topological polar surface area (TPSA) is 29.8 Å². The van der Waals surface area contributed by atoms with E-state index in [9.17, 15) is 0 Å². The van der Waals surface area contributed by atoms with E-state index in [0.717, 1.165) is 30.3 Å². The van der Waals surface area contributed by atoms with Crippen molar-refractivity contribution in [2.24, 2.45) is 11.3 Å². The third-order valence-corrected chi connectivity index (χ3v) is 5.28. The van der Waals surface area contributed by atoms with Gasteiger partial charge in [-0.05, 0) is 68.8 Å². The fourth-order valence-electron chi connectivity index (χ4n) is 3.62. The van der Waals surface area contributed by atoms with Gasteiger partial charge in [-0.2, -0.15) is 0 Å². The van der Waals surface area contributed by atoms with Gasteiger partial charge >= 0.3 is 0 Å². The van der Waals surface area contributed by atoms with E-state index < -0.39 is 0 Å². The van der Waals surface area contributed by atoms with E-state index in [1.54, 1.807) is 0 Å². The second kappa shape index (κ2) is 7.56. The van der Waals surface area contributed by atoms with Crippen molar-refractivity contribution in [2.75, 3.05) is 26.2 Å². The average Bonchev–Trinajstić information content (AvgIpc) is 2.97. The number of hydrogen-bond acceptors (Lipinski definition) is 3. The SMILES string of the molecule is CC(C)(C)C1CCN(CCCCOc2cc3ccccn3n2)CC1. The summed E-state index contributed by atoms with van der Waals surface area (Å²) in [4.78, 5) is 2.62. The smallest absolute Gasteiger partial charge is 0.233 e. The lowest BCUT2D eigenvalue weighted by atomic mass is 9.75. The maximum atomic E-state index is 5.79. The molecule has 0 unspecified atom stereocenters. The van der Waals surface area contributed by atoms with E-state index in [2.05, 4.69) is 30.8 Å². The summed E-state index contributed by atoms with van der Waals surface area (Å²) in [6.45, 7) is 11.6. The number of nitrogens with zero attached hydrogens (tertiary/aromatic N) is 3. The molecular weight excluding hydrogens is 298 g/mol. The molecule has 0 atom stereocenters. The molecule has 0 N–H and O–H groups in total. The number of fused-ring (bicyclic) bond motifs is 1. The summed E-state index contributed by atoms with van der Waals surface area (Å²) in [5.74, 6) is 1.61. The maximum absolute atomic E-state index is 5.79. The molecule has 0 radical (unpaired) electrons. The summed E-state index contributed by atoms with van der Waals surface area (Å²) in [6.07, 6.45) is 6.94. The molecule has 4 heteroatoms. The molecule has 1 saturated heterocycles. The molecule has 3 rings (SSSR count). The Hall–Kier alpha value is -1.55. The van der Waals surface area contributed by atoms with Gasteiger partial charge in [0.05, 0.1) is 12.1 Å². The Morgan fingerprint density at radius 1 is 1.17 bits per heavy atom. The molecule has 132 valence electrons. The third kappa shape index (κ3) is 4.50. The Bertz CT molecular complexity index is 603. The van der Waals surface area contributed by atoms with Gasteiger partial charge in [0.1, 0.15) is 0 Å². The van der Waals surface area contributed by atoms with Crippen LogP contribution in [-0.2, 0) is 0 Å². The van der Waals surface area contributed by atoms with E-state index in [1.807, 2.05) is 35.0 Å². The molecule has 0 saturated carbocycles. The first kappa shape index (κ1) is 17.3. The van der Waals surface area contributed by atoms with Gasteiger partial charge in [-0.25, -0.2) is 4.52 Å². The number of rotatable bonds is 6. The zero-order valence-electron chi connectivity index (χ0n) is 15.4. The molecule has 1 fully saturated rings. The maximum Gasteiger partial charge on any atom is 0.233 e. The fourth-order valence-corrected chi connectivity index (χ4v) is 3.62. The van der Waals surface area contributed by atoms with Gasteiger partial charge < -0.3 is 9.64 Å². The van der Waals surface area contributed by atoms with Crippen LogP contribution in [0.2, 0.25) is 0 Å². The highest BCUT2D eigenvalue weighted by Crippen LogP contribution is 2.34. The summed E-state index contributed by atoms with van der Waals surface area (Å²) in [6, 6.07) is 8.04. The summed E-state index contributed by atoms with van der Waals surface area (Å²) in [5, 5.41) is 4.42. The van der Waals surface area contributed by atoms with Crippen LogP contribution in [0.4, 0.5) is 0 Å². The van der Waals surface area contributed by atoms with Gasteiger partial charge in [0, 0.05) is 12.3 Å². The molecular formula is C20H31N3O. The molecule has 24 heavy (non-hydrogen) atoms. The van der Waals surface area contributed by atoms with E-state index in [0.29, 0.717) is 5.41 Å². The van der Waals surface area contributed by atoms with E-state index in [1.165, 1.54) is 38.9 Å². The molecule has 0 aromatic carbocycles. The highest BCUT2D eigenvalue weighted by molar-refractivity contribution is 5.48. The lowest BCUT2D eigenvalue weighted by molar-refractivity contribution is 0.110. The minimum absolute atomic E-state index is 0.466. The zero-order chi connectivity index (χ0) is 17.0. The normalized spacial score (nSPS) is 17.5. The Kier molecular flexibility index (Phi) is 5.44. The Morgan fingerprint density at radius 2 is 1.96 bits per heavy atom. The molecule has 0 amide bonds. The number of aromatic nitrogens is 2. The predicted molar refractivity (Wildman–Crippen MR) is 98.5 cm³/mol. The van der Waals surface area contributed by atoms with Gasteiger partial charge in [-0.3, -0.25) is 0 Å². The molecule has 2 aromatic rings. The summed E-state index contributed by atoms with van der Waals surface area (Å²) < 4.78 is 7.65. The highest BCUT2D eigenvalue weighted by Gasteiger charge is 2.28. The number of pyridine rings is 1. The number of unbranched alkanes of at least 4 members (excludes halogenated alkanes) is 1. The molecule has 2 aromatic heterocycles. The van der Waals surface area contributed by atoms with Gasteiger partial charge in [-0.1, -0.05) is 26.8 Å². The van der Waals surface area contributed by atoms with Crippen LogP contribution in [-0.4, -0.2) is 40.8 Å². The monoisotopic (exact) mass is 329 g/mol. The van der Waals surface area contributed by atoms with Crippen molar-refractivity contribution in [3.63, 3.8) is 0 Å². The van der Waals surface area contributed by atoms with Gasteiger partial charge in [0.15, 0.2) is 0 Å². The van der Waals surface area contributed by atoms with Crippen molar-refractivity contribution in [1.82, 2.24) is 14.5 Å². The molecule has 0 spiro atoms. The van der Waals surface area contributed by atoms with E-state index in [4.69, 9.17) is 4.74 Å². The number of piperidine rings is 1. The molecule has 0 aliphatic carbocycles. The van der Waals surface area contributed by atoms with Crippen molar-refractivity contribution >= 4 is 5.52 Å². The molecule has 4 nitrogen and oxygen atoms in total. The quantitative estimate of drug-likeness (QED) is 0.742. The van der Waals surface area contributed by atoms with Crippen LogP contribution < -0.4 is 4.74 Å². The van der Waals surface area contributed by atoms with Crippen LogP contribution in [0.25, 0.3) is 5.52 Å². The van der Waals surface area contributed by atoms with Gasteiger partial charge in [0.2, 0.25) is 5.88 Å². The molecule has 1 aliphatic heterocycles. The highest BCUT2D eigenvalue weighted by atomic mass is 16.5. The van der Waals surface area contributed by atoms with Gasteiger partial charge in [0.25, 0.3) is 0 Å². The van der Waals surface area contributed by atoms with Crippen molar-refractivity contribution in [2.45, 2.75) is 46.5 Å². The Morgan fingerprint density at radius 3 is 2.67 bits per heavy atom. The van der Waals surface area contributed by atoms with Crippen LogP contribution in [0.3, 0.4) is 0 Å². The first-order valence-electron chi connectivity index (χ1n) is 9.32. The van der Waals surface area contributed by atoms with Crippen LogP contribution in [0, 0.1) is 11.3 Å². The standard InChI is InChI=1S/C20H31N3O/c1-20(2,3)17-9-13-22(14-10-17)11-6-7-15-24-19-16-18-8-4-5-12-23(18)21-19/h4-5,8,12,16-17H,6-7,9-11,13-15H2,1-3H3. The number of hydrogen-bond donors (Lipinski definition) is 0. The summed E-state index contributed by atoms with van der Waals surface area (Å²) in [5.41, 5.74) is 1.54. The average molecular weight is 329 g/mol. The fraction of sp³-hybridized carbons (Fsp3) is 0.650. The first-order valence-corrected chi connectivity index (χ1v) is 9.32. The van der Waals surface area contributed by atoms with Crippen LogP contribution in [0.5, 0.6) is 5.88 Å². The van der Waals surface area contributed by atoms with E-state index in [-0.39, 0.29) is 0 Å². The lowest BCUT2D eigenvalue weighted by Crippen LogP contribution is -2.38. The van der Waals surface area contributed by atoms with Crippen molar-refractivity contribution in [1.29, 1.82) is 0 Å². The Labute approximate surface area is 145 Å². The van der Waals surface area contributed by atoms with Crippen LogP contribution >= 0.6 is 0 Å². The third-order valence-electron chi connectivity index (χ3n) is 5.28. The van der Waals surface area contributed by atoms with Crippen LogP contribution in [0.15, 0.2) is 30.5 Å². The molecule has 0 bridgehead atoms. The number of likely N-dealkylation sites (tertiary alicyclic amines) is 1. The van der Waals surface area contributed by atoms with Crippen LogP contribution in [0.1, 0.15) is 46.5 Å². The second-order valence-electron chi connectivity index (χ2n) is 8.09. The minimum atomic E-state index is 0.466. The molecule has 3 heterocycles. The van der Waals surface area contributed by atoms with Crippen molar-refractivity contribution < 1.29 is 4.74 Å². The second-order valence-corrected chi connectivity index (χ2v) is 8.09. The molecule has 1 aliphatic rings. The Balaban J connectivity index is 1.32.